The Balaban J connectivity index is 1.87. The van der Waals surface area contributed by atoms with Crippen molar-refractivity contribution in [3.05, 3.63) is 103 Å². The summed E-state index contributed by atoms with van der Waals surface area (Å²) in [6.45, 7) is 6.82. The largest absolute Gasteiger partial charge is 0.309 e. The zero-order chi connectivity index (χ0) is 20.0. The third-order valence-corrected chi connectivity index (χ3v) is 5.75. The second-order valence-electron chi connectivity index (χ2n) is 8.75. The number of benzene rings is 4. The van der Waals surface area contributed by atoms with Crippen molar-refractivity contribution in [2.24, 2.45) is 0 Å². The van der Waals surface area contributed by atoms with E-state index >= 15 is 0 Å². The van der Waals surface area contributed by atoms with Gasteiger partial charge in [0.15, 0.2) is 0 Å². The lowest BCUT2D eigenvalue weighted by Gasteiger charge is -2.19. The van der Waals surface area contributed by atoms with Gasteiger partial charge in [-0.25, -0.2) is 0 Å². The molecule has 29 heavy (non-hydrogen) atoms. The van der Waals surface area contributed by atoms with Crippen LogP contribution in [-0.2, 0) is 5.41 Å². The van der Waals surface area contributed by atoms with Gasteiger partial charge in [0.05, 0.1) is 11.0 Å². The maximum atomic E-state index is 2.41. The summed E-state index contributed by atoms with van der Waals surface area (Å²) in [6.07, 6.45) is 0. The van der Waals surface area contributed by atoms with E-state index < -0.39 is 0 Å². The molecule has 5 aromatic rings. The minimum absolute atomic E-state index is 0.112. The van der Waals surface area contributed by atoms with Gasteiger partial charge < -0.3 is 4.57 Å². The van der Waals surface area contributed by atoms with Crippen LogP contribution in [0.25, 0.3) is 38.6 Å². The molecule has 1 nitrogen and oxygen atoms in total. The Bertz CT molecular complexity index is 1300. The van der Waals surface area contributed by atoms with Crippen LogP contribution in [0.5, 0.6) is 0 Å². The highest BCUT2D eigenvalue weighted by Crippen LogP contribution is 2.36. The number of fused-ring (bicyclic) bond motifs is 3. The van der Waals surface area contributed by atoms with Crippen molar-refractivity contribution < 1.29 is 0 Å². The van der Waals surface area contributed by atoms with Gasteiger partial charge in [0, 0.05) is 16.5 Å². The fourth-order valence-corrected chi connectivity index (χ4v) is 4.15. The van der Waals surface area contributed by atoms with Crippen LogP contribution in [0.3, 0.4) is 0 Å². The normalized spacial score (nSPS) is 12.0. The SMILES string of the molecule is CC(C)(C)c1ccc2c3ccc(-c4ccccc4)cc3n(-c3ccccc3)c2c1. The molecule has 0 aliphatic carbocycles. The summed E-state index contributed by atoms with van der Waals surface area (Å²) in [7, 11) is 0. The van der Waals surface area contributed by atoms with Gasteiger partial charge in [-0.15, -0.1) is 0 Å². The van der Waals surface area contributed by atoms with E-state index in [1.165, 1.54) is 44.2 Å². The van der Waals surface area contributed by atoms with Gasteiger partial charge in [-0.1, -0.05) is 93.6 Å². The average molecular weight is 376 g/mol. The van der Waals surface area contributed by atoms with E-state index in [1.54, 1.807) is 0 Å². The van der Waals surface area contributed by atoms with Crippen LogP contribution >= 0.6 is 0 Å². The molecule has 0 radical (unpaired) electrons. The molecule has 0 aliphatic rings. The Kier molecular flexibility index (Phi) is 4.06. The Labute approximate surface area is 172 Å². The van der Waals surface area contributed by atoms with E-state index in [9.17, 15) is 0 Å². The molecule has 4 aromatic carbocycles. The van der Waals surface area contributed by atoms with Crippen molar-refractivity contribution in [3.63, 3.8) is 0 Å². The molecule has 0 bridgehead atoms. The number of rotatable bonds is 2. The summed E-state index contributed by atoms with van der Waals surface area (Å²) in [5.41, 5.74) is 7.67. The van der Waals surface area contributed by atoms with E-state index in [-0.39, 0.29) is 5.41 Å². The van der Waals surface area contributed by atoms with Gasteiger partial charge in [-0.2, -0.15) is 0 Å². The number of para-hydroxylation sites is 1. The lowest BCUT2D eigenvalue weighted by Crippen LogP contribution is -2.10. The predicted octanol–water partition coefficient (Wildman–Crippen LogP) is 7.75. The first-order valence-corrected chi connectivity index (χ1v) is 10.2. The molecular weight excluding hydrogens is 350 g/mol. The fourth-order valence-electron chi connectivity index (χ4n) is 4.15. The minimum atomic E-state index is 0.112. The van der Waals surface area contributed by atoms with E-state index in [0.717, 1.165) is 0 Å². The first kappa shape index (κ1) is 17.8. The summed E-state index contributed by atoms with van der Waals surface area (Å²) in [4.78, 5) is 0. The molecule has 5 rings (SSSR count). The second-order valence-corrected chi connectivity index (χ2v) is 8.75. The maximum Gasteiger partial charge on any atom is 0.0547 e. The highest BCUT2D eigenvalue weighted by atomic mass is 15.0. The first-order chi connectivity index (χ1) is 14.0. The molecule has 1 aromatic heterocycles. The molecule has 0 N–H and O–H groups in total. The number of nitrogens with zero attached hydrogens (tertiary/aromatic N) is 1. The summed E-state index contributed by atoms with van der Waals surface area (Å²) < 4.78 is 2.41. The molecule has 0 saturated carbocycles. The molecule has 0 unspecified atom stereocenters. The van der Waals surface area contributed by atoms with Gasteiger partial charge in [-0.05, 0) is 46.4 Å². The van der Waals surface area contributed by atoms with Gasteiger partial charge in [0.1, 0.15) is 0 Å². The molecule has 0 aliphatic heterocycles. The summed E-state index contributed by atoms with van der Waals surface area (Å²) >= 11 is 0. The molecule has 1 heteroatoms. The fraction of sp³-hybridized carbons (Fsp3) is 0.143. The molecular formula is C28H25N. The highest BCUT2D eigenvalue weighted by molar-refractivity contribution is 6.10. The Hall–Kier alpha value is -3.32. The van der Waals surface area contributed by atoms with Gasteiger partial charge in [0.2, 0.25) is 0 Å². The molecule has 0 atom stereocenters. The van der Waals surface area contributed by atoms with Crippen LogP contribution in [0.15, 0.2) is 97.1 Å². The average Bonchev–Trinajstić information content (AvgIpc) is 3.07. The van der Waals surface area contributed by atoms with Gasteiger partial charge >= 0.3 is 0 Å². The third kappa shape index (κ3) is 3.03. The quantitative estimate of drug-likeness (QED) is 0.297. The molecule has 1 heterocycles. The van der Waals surface area contributed by atoms with Crippen LogP contribution in [-0.4, -0.2) is 4.57 Å². The topological polar surface area (TPSA) is 4.93 Å². The third-order valence-electron chi connectivity index (χ3n) is 5.75. The number of aromatic nitrogens is 1. The molecule has 0 amide bonds. The minimum Gasteiger partial charge on any atom is -0.309 e. The Morgan fingerprint density at radius 2 is 1.14 bits per heavy atom. The molecule has 0 spiro atoms. The molecule has 142 valence electrons. The Morgan fingerprint density at radius 3 is 1.79 bits per heavy atom. The van der Waals surface area contributed by atoms with Crippen molar-refractivity contribution in [2.45, 2.75) is 26.2 Å². The Morgan fingerprint density at radius 1 is 0.552 bits per heavy atom. The summed E-state index contributed by atoms with van der Waals surface area (Å²) in [5.74, 6) is 0. The van der Waals surface area contributed by atoms with Crippen LogP contribution in [0, 0.1) is 0 Å². The van der Waals surface area contributed by atoms with Crippen LogP contribution < -0.4 is 0 Å². The van der Waals surface area contributed by atoms with Crippen molar-refractivity contribution >= 4 is 21.8 Å². The zero-order valence-electron chi connectivity index (χ0n) is 17.2. The van der Waals surface area contributed by atoms with Crippen molar-refractivity contribution in [1.82, 2.24) is 4.57 Å². The number of hydrogen-bond donors (Lipinski definition) is 0. The van der Waals surface area contributed by atoms with Crippen LogP contribution in [0.1, 0.15) is 26.3 Å². The summed E-state index contributed by atoms with van der Waals surface area (Å²) in [6, 6.07) is 35.1. The van der Waals surface area contributed by atoms with Crippen molar-refractivity contribution in [2.75, 3.05) is 0 Å². The second kappa shape index (κ2) is 6.63. The predicted molar refractivity (Wildman–Crippen MR) is 125 cm³/mol. The van der Waals surface area contributed by atoms with Crippen LogP contribution in [0.2, 0.25) is 0 Å². The lowest BCUT2D eigenvalue weighted by molar-refractivity contribution is 0.591. The lowest BCUT2D eigenvalue weighted by atomic mass is 9.86. The van der Waals surface area contributed by atoms with E-state index in [4.69, 9.17) is 0 Å². The van der Waals surface area contributed by atoms with E-state index in [2.05, 4.69) is 122 Å². The molecule has 0 saturated heterocycles. The molecule has 0 fully saturated rings. The van der Waals surface area contributed by atoms with E-state index in [0.29, 0.717) is 0 Å². The van der Waals surface area contributed by atoms with E-state index in [1.807, 2.05) is 0 Å². The van der Waals surface area contributed by atoms with Crippen molar-refractivity contribution in [1.29, 1.82) is 0 Å². The summed E-state index contributed by atoms with van der Waals surface area (Å²) in [5, 5.41) is 2.60. The first-order valence-electron chi connectivity index (χ1n) is 10.2. The monoisotopic (exact) mass is 375 g/mol. The smallest absolute Gasteiger partial charge is 0.0547 e. The zero-order valence-corrected chi connectivity index (χ0v) is 17.2. The van der Waals surface area contributed by atoms with Gasteiger partial charge in [-0.3, -0.25) is 0 Å². The van der Waals surface area contributed by atoms with Gasteiger partial charge in [0.25, 0.3) is 0 Å². The highest BCUT2D eigenvalue weighted by Gasteiger charge is 2.18. The number of hydrogen-bond acceptors (Lipinski definition) is 0. The van der Waals surface area contributed by atoms with Crippen LogP contribution in [0.4, 0.5) is 0 Å². The maximum absolute atomic E-state index is 2.41. The standard InChI is InChI=1S/C28H25N/c1-28(2,3)22-15-17-25-24-16-14-21(20-10-6-4-7-11-20)18-26(24)29(27(25)19-22)23-12-8-5-9-13-23/h4-19H,1-3H3. The van der Waals surface area contributed by atoms with Crippen molar-refractivity contribution in [3.8, 4) is 16.8 Å².